The van der Waals surface area contributed by atoms with Gasteiger partial charge in [-0.3, -0.25) is 4.98 Å². The van der Waals surface area contributed by atoms with E-state index in [0.29, 0.717) is 18.0 Å². The van der Waals surface area contributed by atoms with Crippen LogP contribution in [0.1, 0.15) is 13.3 Å². The molecule has 1 fully saturated rings. The van der Waals surface area contributed by atoms with Gasteiger partial charge in [-0.05, 0) is 32.0 Å². The second-order valence-electron chi connectivity index (χ2n) is 5.38. The highest BCUT2D eigenvalue weighted by atomic mass is 32.2. The summed E-state index contributed by atoms with van der Waals surface area (Å²) in [7, 11) is -3.50. The summed E-state index contributed by atoms with van der Waals surface area (Å²) in [6.07, 6.45) is 4.16. The summed E-state index contributed by atoms with van der Waals surface area (Å²) in [5, 5.41) is 4.85. The molecule has 0 radical (unpaired) electrons. The molecule has 1 aromatic heterocycles. The number of fused-ring (bicyclic) bond motifs is 1. The van der Waals surface area contributed by atoms with Gasteiger partial charge in [0, 0.05) is 42.3 Å². The SMILES string of the molecule is C[C@@H]1CNCCCN1S(=O)(=O)c1cccc2cnccc12. The molecule has 112 valence electrons. The van der Waals surface area contributed by atoms with Gasteiger partial charge in [0.25, 0.3) is 0 Å². The van der Waals surface area contributed by atoms with Gasteiger partial charge in [0.2, 0.25) is 10.0 Å². The van der Waals surface area contributed by atoms with E-state index < -0.39 is 10.0 Å². The van der Waals surface area contributed by atoms with E-state index in [1.165, 1.54) is 0 Å². The molecule has 1 atom stereocenters. The topological polar surface area (TPSA) is 62.3 Å². The maximum absolute atomic E-state index is 13.0. The summed E-state index contributed by atoms with van der Waals surface area (Å²) in [6.45, 7) is 4.04. The second-order valence-corrected chi connectivity index (χ2v) is 7.23. The van der Waals surface area contributed by atoms with Crippen molar-refractivity contribution in [2.75, 3.05) is 19.6 Å². The predicted octanol–water partition coefficient (Wildman–Crippen LogP) is 1.61. The van der Waals surface area contributed by atoms with Gasteiger partial charge >= 0.3 is 0 Å². The van der Waals surface area contributed by atoms with Gasteiger partial charge in [-0.15, -0.1) is 0 Å². The standard InChI is InChI=1S/C15H19N3O2S/c1-12-10-16-7-3-9-18(12)21(19,20)15-5-2-4-13-11-17-8-6-14(13)15/h2,4-6,8,11-12,16H,3,7,9-10H2,1H3/t12-/m1/s1. The molecule has 2 aromatic rings. The first-order chi connectivity index (χ1) is 10.1. The summed E-state index contributed by atoms with van der Waals surface area (Å²) < 4.78 is 27.7. The number of benzene rings is 1. The lowest BCUT2D eigenvalue weighted by atomic mass is 10.2. The first kappa shape index (κ1) is 14.4. The molecule has 1 aliphatic heterocycles. The van der Waals surface area contributed by atoms with Crippen molar-refractivity contribution in [2.24, 2.45) is 0 Å². The van der Waals surface area contributed by atoms with Gasteiger partial charge in [0.05, 0.1) is 4.90 Å². The largest absolute Gasteiger partial charge is 0.315 e. The minimum absolute atomic E-state index is 0.0467. The number of nitrogens with zero attached hydrogens (tertiary/aromatic N) is 2. The van der Waals surface area contributed by atoms with Crippen LogP contribution in [0, 0.1) is 0 Å². The van der Waals surface area contributed by atoms with Crippen molar-refractivity contribution in [3.8, 4) is 0 Å². The zero-order valence-corrected chi connectivity index (χ0v) is 12.8. The molecule has 3 rings (SSSR count). The van der Waals surface area contributed by atoms with Crippen LogP contribution in [0.25, 0.3) is 10.8 Å². The lowest BCUT2D eigenvalue weighted by Crippen LogP contribution is -2.41. The molecule has 2 heterocycles. The highest BCUT2D eigenvalue weighted by Gasteiger charge is 2.30. The Labute approximate surface area is 125 Å². The molecule has 1 N–H and O–H groups in total. The number of sulfonamides is 1. The monoisotopic (exact) mass is 305 g/mol. The Morgan fingerprint density at radius 3 is 3.05 bits per heavy atom. The van der Waals surface area contributed by atoms with E-state index >= 15 is 0 Å². The molecule has 5 nitrogen and oxygen atoms in total. The summed E-state index contributed by atoms with van der Waals surface area (Å²) in [4.78, 5) is 4.43. The fourth-order valence-corrected chi connectivity index (χ4v) is 4.68. The van der Waals surface area contributed by atoms with Gasteiger partial charge in [0.1, 0.15) is 0 Å². The van der Waals surface area contributed by atoms with Crippen LogP contribution >= 0.6 is 0 Å². The van der Waals surface area contributed by atoms with E-state index in [2.05, 4.69) is 10.3 Å². The van der Waals surface area contributed by atoms with E-state index in [4.69, 9.17) is 0 Å². The Bertz CT molecular complexity index is 740. The van der Waals surface area contributed by atoms with E-state index in [-0.39, 0.29) is 6.04 Å². The molecular weight excluding hydrogens is 286 g/mol. The maximum atomic E-state index is 13.0. The molecule has 21 heavy (non-hydrogen) atoms. The molecule has 0 bridgehead atoms. The van der Waals surface area contributed by atoms with E-state index in [1.54, 1.807) is 34.9 Å². The number of hydrogen-bond acceptors (Lipinski definition) is 4. The average Bonchev–Trinajstić information content (AvgIpc) is 2.71. The molecule has 1 aliphatic rings. The number of rotatable bonds is 2. The van der Waals surface area contributed by atoms with Crippen molar-refractivity contribution in [3.05, 3.63) is 36.7 Å². The predicted molar refractivity (Wildman–Crippen MR) is 82.6 cm³/mol. The third-order valence-electron chi connectivity index (χ3n) is 3.89. The summed E-state index contributed by atoms with van der Waals surface area (Å²) in [5.74, 6) is 0. The van der Waals surface area contributed by atoms with Crippen LogP contribution in [0.2, 0.25) is 0 Å². The molecule has 0 unspecified atom stereocenters. The Balaban J connectivity index is 2.11. The molecule has 6 heteroatoms. The van der Waals surface area contributed by atoms with E-state index in [1.807, 2.05) is 13.0 Å². The summed E-state index contributed by atoms with van der Waals surface area (Å²) >= 11 is 0. The highest BCUT2D eigenvalue weighted by molar-refractivity contribution is 7.89. The summed E-state index contributed by atoms with van der Waals surface area (Å²) in [5.41, 5.74) is 0. The highest BCUT2D eigenvalue weighted by Crippen LogP contribution is 2.26. The van der Waals surface area contributed by atoms with E-state index in [0.717, 1.165) is 23.7 Å². The first-order valence-electron chi connectivity index (χ1n) is 7.16. The van der Waals surface area contributed by atoms with Crippen LogP contribution in [-0.4, -0.2) is 43.4 Å². The van der Waals surface area contributed by atoms with Crippen LogP contribution in [-0.2, 0) is 10.0 Å². The lowest BCUT2D eigenvalue weighted by molar-refractivity contribution is 0.354. The molecule has 1 saturated heterocycles. The third-order valence-corrected chi connectivity index (χ3v) is 5.96. The molecule has 0 aliphatic carbocycles. The van der Waals surface area contributed by atoms with Crippen LogP contribution in [0.15, 0.2) is 41.6 Å². The lowest BCUT2D eigenvalue weighted by Gasteiger charge is -2.26. The van der Waals surface area contributed by atoms with Gasteiger partial charge in [0.15, 0.2) is 0 Å². The van der Waals surface area contributed by atoms with Crippen molar-refractivity contribution >= 4 is 20.8 Å². The van der Waals surface area contributed by atoms with Gasteiger partial charge in [-0.1, -0.05) is 12.1 Å². The molecular formula is C15H19N3O2S. The average molecular weight is 305 g/mol. The van der Waals surface area contributed by atoms with Crippen molar-refractivity contribution in [2.45, 2.75) is 24.3 Å². The normalized spacial score (nSPS) is 21.3. The van der Waals surface area contributed by atoms with Crippen LogP contribution in [0.3, 0.4) is 0 Å². The number of hydrogen-bond donors (Lipinski definition) is 1. The maximum Gasteiger partial charge on any atom is 0.243 e. The quantitative estimate of drug-likeness (QED) is 0.915. The summed E-state index contributed by atoms with van der Waals surface area (Å²) in [6, 6.07) is 7.06. The van der Waals surface area contributed by atoms with Gasteiger partial charge in [-0.25, -0.2) is 8.42 Å². The van der Waals surface area contributed by atoms with Gasteiger partial charge < -0.3 is 5.32 Å². The first-order valence-corrected chi connectivity index (χ1v) is 8.60. The van der Waals surface area contributed by atoms with Gasteiger partial charge in [-0.2, -0.15) is 4.31 Å². The van der Waals surface area contributed by atoms with Crippen LogP contribution in [0.4, 0.5) is 0 Å². The number of pyridine rings is 1. The smallest absolute Gasteiger partial charge is 0.243 e. The van der Waals surface area contributed by atoms with Crippen molar-refractivity contribution < 1.29 is 8.42 Å². The number of aromatic nitrogens is 1. The third kappa shape index (κ3) is 2.66. The van der Waals surface area contributed by atoms with Crippen molar-refractivity contribution in [3.63, 3.8) is 0 Å². The Hall–Kier alpha value is -1.50. The van der Waals surface area contributed by atoms with Crippen molar-refractivity contribution in [1.82, 2.24) is 14.6 Å². The zero-order valence-electron chi connectivity index (χ0n) is 12.0. The molecule has 1 aromatic carbocycles. The fourth-order valence-electron chi connectivity index (χ4n) is 2.79. The van der Waals surface area contributed by atoms with Crippen LogP contribution in [0.5, 0.6) is 0 Å². The zero-order chi connectivity index (χ0) is 14.9. The second kappa shape index (κ2) is 5.71. The number of nitrogens with one attached hydrogen (secondary N) is 1. The Morgan fingerprint density at radius 1 is 1.33 bits per heavy atom. The Morgan fingerprint density at radius 2 is 2.19 bits per heavy atom. The minimum Gasteiger partial charge on any atom is -0.315 e. The van der Waals surface area contributed by atoms with Crippen molar-refractivity contribution in [1.29, 1.82) is 0 Å². The van der Waals surface area contributed by atoms with E-state index in [9.17, 15) is 8.42 Å². The molecule has 0 spiro atoms. The Kier molecular flexibility index (Phi) is 3.93. The fraction of sp³-hybridized carbons (Fsp3) is 0.400. The molecule has 0 saturated carbocycles. The van der Waals surface area contributed by atoms with Crippen LogP contribution < -0.4 is 5.32 Å². The molecule has 0 amide bonds. The minimum atomic E-state index is -3.50.